The first-order chi connectivity index (χ1) is 17.8. The van der Waals surface area contributed by atoms with Gasteiger partial charge in [-0.15, -0.1) is 0 Å². The monoisotopic (exact) mass is 520 g/mol. The normalized spacial score (nSPS) is 14.3. The van der Waals surface area contributed by atoms with Gasteiger partial charge in [0.05, 0.1) is 34.4 Å². The van der Waals surface area contributed by atoms with Crippen molar-refractivity contribution in [2.24, 2.45) is 0 Å². The number of nitrogens with one attached hydrogen (secondary N) is 2. The molecule has 8 nitrogen and oxygen atoms in total. The lowest BCUT2D eigenvalue weighted by atomic mass is 9.91. The molecule has 0 bridgehead atoms. The Morgan fingerprint density at radius 1 is 0.658 bits per heavy atom. The maximum Gasteiger partial charge on any atom is 0.238 e. The van der Waals surface area contributed by atoms with E-state index in [-0.39, 0.29) is 12.8 Å². The van der Waals surface area contributed by atoms with Crippen molar-refractivity contribution in [1.82, 2.24) is 11.0 Å². The largest absolute Gasteiger partial charge is 0.295 e. The van der Waals surface area contributed by atoms with Gasteiger partial charge in [0.15, 0.2) is 11.6 Å². The van der Waals surface area contributed by atoms with Crippen LogP contribution in [-0.4, -0.2) is 47.4 Å². The summed E-state index contributed by atoms with van der Waals surface area (Å²) in [7, 11) is 0. The van der Waals surface area contributed by atoms with Crippen LogP contribution in [0, 0.1) is 0 Å². The molecule has 0 fully saturated rings. The van der Waals surface area contributed by atoms with Crippen molar-refractivity contribution < 1.29 is 28.9 Å². The van der Waals surface area contributed by atoms with E-state index in [4.69, 9.17) is 9.68 Å². The van der Waals surface area contributed by atoms with E-state index < -0.39 is 46.0 Å². The van der Waals surface area contributed by atoms with E-state index in [1.54, 1.807) is 41.5 Å². The van der Waals surface area contributed by atoms with E-state index in [9.17, 15) is 19.2 Å². The lowest BCUT2D eigenvalue weighted by Gasteiger charge is -2.26. The summed E-state index contributed by atoms with van der Waals surface area (Å²) in [5.74, 6) is -1.62. The Balaban J connectivity index is 2.46. The Morgan fingerprint density at radius 2 is 0.974 bits per heavy atom. The van der Waals surface area contributed by atoms with Crippen LogP contribution in [0.4, 0.5) is 0 Å². The van der Waals surface area contributed by atoms with Crippen molar-refractivity contribution in [3.8, 4) is 0 Å². The highest BCUT2D eigenvalue weighted by Gasteiger charge is 2.33. The average Bonchev–Trinajstić information content (AvgIpc) is 2.86. The molecule has 0 saturated carbocycles. The molecule has 0 heterocycles. The summed E-state index contributed by atoms with van der Waals surface area (Å²) in [5.41, 5.74) is 4.27. The number of Topliss-reactive ketones (excluding diaryl/α,β-unsaturated/α-hetero) is 2. The molecule has 8 heteroatoms. The number of hydrogen-bond donors (Lipinski definition) is 2. The van der Waals surface area contributed by atoms with Gasteiger partial charge in [-0.3, -0.25) is 28.9 Å². The van der Waals surface area contributed by atoms with Crippen LogP contribution < -0.4 is 11.0 Å². The van der Waals surface area contributed by atoms with Gasteiger partial charge in [0.25, 0.3) is 0 Å². The summed E-state index contributed by atoms with van der Waals surface area (Å²) in [4.78, 5) is 62.4. The third kappa shape index (κ3) is 10.2. The van der Waals surface area contributed by atoms with Crippen molar-refractivity contribution in [1.29, 1.82) is 0 Å². The lowest BCUT2D eigenvalue weighted by Crippen LogP contribution is -2.46. The number of ketones is 2. The minimum Gasteiger partial charge on any atom is -0.295 e. The number of carbonyl (C=O) groups is 2. The molecule has 0 spiro atoms. The van der Waals surface area contributed by atoms with Gasteiger partial charge < -0.3 is 0 Å². The smallest absolute Gasteiger partial charge is 0.238 e. The Kier molecular flexibility index (Phi) is 11.4. The molecule has 2 radical (unpaired) electrons. The predicted molar refractivity (Wildman–Crippen MR) is 144 cm³/mol. The zero-order valence-electron chi connectivity index (χ0n) is 22.8. The van der Waals surface area contributed by atoms with Crippen molar-refractivity contribution in [3.63, 3.8) is 0 Å². The molecule has 0 unspecified atom stereocenters. The van der Waals surface area contributed by atoms with Crippen molar-refractivity contribution >= 4 is 24.1 Å². The van der Waals surface area contributed by atoms with E-state index in [1.807, 2.05) is 60.7 Å². The van der Waals surface area contributed by atoms with Crippen molar-refractivity contribution in [2.45, 2.75) is 77.7 Å². The predicted octanol–water partition coefficient (Wildman–Crippen LogP) is 3.50. The van der Waals surface area contributed by atoms with Gasteiger partial charge in [-0.25, -0.2) is 0 Å². The first-order valence-electron chi connectivity index (χ1n) is 12.4. The first kappa shape index (κ1) is 30.9. The van der Waals surface area contributed by atoms with Gasteiger partial charge in [-0.1, -0.05) is 60.7 Å². The number of hydrogen-bond acceptors (Lipinski definition) is 8. The van der Waals surface area contributed by atoms with Gasteiger partial charge in [-0.05, 0) is 65.5 Å². The third-order valence-electron chi connectivity index (χ3n) is 5.16. The van der Waals surface area contributed by atoms with Crippen molar-refractivity contribution in [3.05, 3.63) is 82.9 Å². The zero-order valence-corrected chi connectivity index (χ0v) is 22.8. The molecule has 2 aromatic carbocycles. The highest BCUT2D eigenvalue weighted by atomic mass is 16.7. The fourth-order valence-corrected chi connectivity index (χ4v) is 3.37. The van der Waals surface area contributed by atoms with Crippen LogP contribution in [0.3, 0.4) is 0 Å². The molecule has 2 atom stereocenters. The van der Waals surface area contributed by atoms with Crippen LogP contribution in [-0.2, 0) is 41.7 Å². The quantitative estimate of drug-likeness (QED) is 0.169. The highest BCUT2D eigenvalue weighted by Crippen LogP contribution is 2.16. The minimum absolute atomic E-state index is 0.139. The van der Waals surface area contributed by atoms with E-state index in [0.29, 0.717) is 0 Å². The van der Waals surface area contributed by atoms with Crippen LogP contribution in [0.2, 0.25) is 0 Å². The van der Waals surface area contributed by atoms with Crippen LogP contribution in [0.1, 0.15) is 52.7 Å². The van der Waals surface area contributed by atoms with Gasteiger partial charge in [-0.2, -0.15) is 11.0 Å². The summed E-state index contributed by atoms with van der Waals surface area (Å²) in [5, 5.41) is 0. The minimum atomic E-state index is -1.07. The van der Waals surface area contributed by atoms with Crippen LogP contribution in [0.5, 0.6) is 0 Å². The van der Waals surface area contributed by atoms with E-state index in [2.05, 4.69) is 11.0 Å². The maximum atomic E-state index is 13.6. The molecule has 0 saturated heterocycles. The molecule has 2 rings (SSSR count). The summed E-state index contributed by atoms with van der Waals surface area (Å²) in [6, 6.07) is 16.0. The zero-order chi connectivity index (χ0) is 28.3. The summed E-state index contributed by atoms with van der Waals surface area (Å²) in [6.07, 6.45) is 3.32. The summed E-state index contributed by atoms with van der Waals surface area (Å²) >= 11 is 0. The standard InChI is InChI=1S/C30H36N2O6/c1-29(2,3)37-31-25(17-21-13-9-7-10-14-21)27(35)23(19-33)24(20-34)28(36)26(32-38-30(4,5)6)18-22-15-11-8-12-16-22/h7-16,25-26,31-32H,17-18H2,1-6H3/b24-23-/t25-,26-/m0/s1. The van der Waals surface area contributed by atoms with Gasteiger partial charge >= 0.3 is 0 Å². The Bertz CT molecular complexity index is 1030. The first-order valence-corrected chi connectivity index (χ1v) is 12.4. The third-order valence-corrected chi connectivity index (χ3v) is 5.16. The Hall–Kier alpha value is -3.30. The Morgan fingerprint density at radius 3 is 1.24 bits per heavy atom. The molecule has 202 valence electrons. The summed E-state index contributed by atoms with van der Waals surface area (Å²) < 4.78 is 0. The second-order valence-electron chi connectivity index (χ2n) is 10.8. The molecule has 0 amide bonds. The second kappa shape index (κ2) is 14.0. The van der Waals surface area contributed by atoms with Crippen LogP contribution >= 0.6 is 0 Å². The van der Waals surface area contributed by atoms with Gasteiger partial charge in [0, 0.05) is 0 Å². The topological polar surface area (TPSA) is 111 Å². The molecular weight excluding hydrogens is 484 g/mol. The van der Waals surface area contributed by atoms with Crippen molar-refractivity contribution in [2.75, 3.05) is 0 Å². The lowest BCUT2D eigenvalue weighted by molar-refractivity contribution is -0.131. The van der Waals surface area contributed by atoms with E-state index >= 15 is 0 Å². The number of hydroxylamine groups is 2. The SMILES string of the molecule is CC(C)(C)ON[C@@H](Cc1ccccc1)C(=O)/C([C]=O)=C(/[C]=O)C(=O)[C@H](Cc1ccccc1)NOC(C)(C)C. The number of rotatable bonds is 14. The maximum absolute atomic E-state index is 13.6. The van der Waals surface area contributed by atoms with Crippen LogP contribution in [0.25, 0.3) is 0 Å². The van der Waals surface area contributed by atoms with E-state index in [1.165, 1.54) is 12.6 Å². The Labute approximate surface area is 224 Å². The fourth-order valence-electron chi connectivity index (χ4n) is 3.37. The molecule has 2 aromatic rings. The molecule has 38 heavy (non-hydrogen) atoms. The molecular formula is C30H36N2O6. The molecule has 0 aliphatic carbocycles. The molecule has 2 N–H and O–H groups in total. The second-order valence-corrected chi connectivity index (χ2v) is 10.8. The highest BCUT2D eigenvalue weighted by molar-refractivity contribution is 6.27. The molecule has 0 aliphatic rings. The van der Waals surface area contributed by atoms with Crippen LogP contribution in [0.15, 0.2) is 71.8 Å². The number of carbonyl (C=O) groups excluding carboxylic acids is 4. The number of benzene rings is 2. The van der Waals surface area contributed by atoms with Gasteiger partial charge in [0.2, 0.25) is 12.6 Å². The molecule has 0 aromatic heterocycles. The molecule has 0 aliphatic heterocycles. The van der Waals surface area contributed by atoms with Gasteiger partial charge in [0.1, 0.15) is 0 Å². The fraction of sp³-hybridized carbons (Fsp3) is 0.400. The average molecular weight is 521 g/mol. The van der Waals surface area contributed by atoms with E-state index in [0.717, 1.165) is 11.1 Å². The summed E-state index contributed by atoms with van der Waals surface area (Å²) in [6.45, 7) is 10.7.